The number of benzene rings is 2. The third kappa shape index (κ3) is 4.47. The molecule has 3 aromatic rings. The van der Waals surface area contributed by atoms with E-state index >= 15 is 0 Å². The fourth-order valence-corrected chi connectivity index (χ4v) is 5.51. The summed E-state index contributed by atoms with van der Waals surface area (Å²) < 4.78 is 14.2. The minimum atomic E-state index is -3.01. The van der Waals surface area contributed by atoms with Crippen molar-refractivity contribution in [3.05, 3.63) is 116 Å². The highest BCUT2D eigenvalue weighted by atomic mass is 31.2. The van der Waals surface area contributed by atoms with Crippen LogP contribution in [0, 0.1) is 0 Å². The van der Waals surface area contributed by atoms with Crippen molar-refractivity contribution in [2.75, 3.05) is 0 Å². The summed E-state index contributed by atoms with van der Waals surface area (Å²) in [7, 11) is -3.01. The zero-order valence-corrected chi connectivity index (χ0v) is 17.3. The minimum absolute atomic E-state index is 0.671. The van der Waals surface area contributed by atoms with Crippen LogP contribution in [0.25, 0.3) is 11.3 Å². The van der Waals surface area contributed by atoms with Gasteiger partial charge in [-0.25, -0.2) is 0 Å². The molecule has 3 rings (SSSR count). The van der Waals surface area contributed by atoms with Gasteiger partial charge in [0.05, 0.1) is 5.69 Å². The second-order valence-corrected chi connectivity index (χ2v) is 8.51. The molecule has 0 aliphatic carbocycles. The molecule has 1 unspecified atom stereocenters. The van der Waals surface area contributed by atoms with E-state index in [1.54, 1.807) is 24.4 Å². The Balaban J connectivity index is 0.00000136. The van der Waals surface area contributed by atoms with E-state index in [9.17, 15) is 4.57 Å². The molecule has 0 saturated heterocycles. The van der Waals surface area contributed by atoms with Crippen molar-refractivity contribution in [3.8, 4) is 11.3 Å². The smallest absolute Gasteiger partial charge is 0.170 e. The lowest BCUT2D eigenvalue weighted by molar-refractivity contribution is 0.591. The van der Waals surface area contributed by atoms with Crippen LogP contribution in [-0.4, -0.2) is 4.98 Å². The molecule has 0 aliphatic rings. The van der Waals surface area contributed by atoms with Crippen molar-refractivity contribution in [1.82, 2.24) is 4.98 Å². The van der Waals surface area contributed by atoms with Crippen LogP contribution in [0.2, 0.25) is 0 Å². The molecule has 1 heterocycles. The number of rotatable bonds is 6. The van der Waals surface area contributed by atoms with Gasteiger partial charge in [0.2, 0.25) is 0 Å². The van der Waals surface area contributed by atoms with Crippen LogP contribution in [0.5, 0.6) is 0 Å². The molecule has 0 aliphatic heterocycles. The molecule has 28 heavy (non-hydrogen) atoms. The van der Waals surface area contributed by atoms with Crippen LogP contribution in [0.4, 0.5) is 0 Å². The summed E-state index contributed by atoms with van der Waals surface area (Å²) in [5.41, 5.74) is 1.88. The number of aromatic nitrogens is 1. The molecular formula is C25H26NOP. The van der Waals surface area contributed by atoms with Crippen molar-refractivity contribution in [3.63, 3.8) is 0 Å². The number of nitrogens with zero attached hydrogens (tertiary/aromatic N) is 1. The molecule has 1 atom stereocenters. The predicted octanol–water partition coefficient (Wildman–Crippen LogP) is 6.34. The summed E-state index contributed by atoms with van der Waals surface area (Å²) in [6.07, 6.45) is 6.84. The average molecular weight is 387 g/mol. The van der Waals surface area contributed by atoms with Crippen LogP contribution in [0.15, 0.2) is 116 Å². The minimum Gasteiger partial charge on any atom is -0.309 e. The normalized spacial score (nSPS) is 12.9. The van der Waals surface area contributed by atoms with Gasteiger partial charge in [-0.1, -0.05) is 106 Å². The fourth-order valence-electron chi connectivity index (χ4n) is 2.88. The summed E-state index contributed by atoms with van der Waals surface area (Å²) >= 11 is 0. The summed E-state index contributed by atoms with van der Waals surface area (Å²) in [6, 6.07) is 23.1. The monoisotopic (exact) mass is 387 g/mol. The predicted molar refractivity (Wildman–Crippen MR) is 123 cm³/mol. The van der Waals surface area contributed by atoms with Crippen LogP contribution in [0.3, 0.4) is 0 Å². The average Bonchev–Trinajstić information content (AvgIpc) is 2.79. The van der Waals surface area contributed by atoms with Gasteiger partial charge < -0.3 is 4.57 Å². The van der Waals surface area contributed by atoms with Gasteiger partial charge in [-0.05, 0) is 12.1 Å². The molecule has 0 fully saturated rings. The Kier molecular flexibility index (Phi) is 7.92. The van der Waals surface area contributed by atoms with Crippen molar-refractivity contribution in [2.45, 2.75) is 13.8 Å². The zero-order valence-electron chi connectivity index (χ0n) is 16.5. The molecule has 0 amide bonds. The van der Waals surface area contributed by atoms with E-state index in [0.717, 1.165) is 21.9 Å². The Morgan fingerprint density at radius 2 is 1.46 bits per heavy atom. The summed E-state index contributed by atoms with van der Waals surface area (Å²) in [5, 5.41) is 2.21. The highest BCUT2D eigenvalue weighted by molar-refractivity contribution is 7.82. The fraction of sp³-hybridized carbons (Fsp3) is 0.0800. The van der Waals surface area contributed by atoms with Crippen LogP contribution < -0.4 is 10.6 Å². The molecular weight excluding hydrogens is 361 g/mol. The zero-order chi connectivity index (χ0) is 20.4. The topological polar surface area (TPSA) is 30.0 Å². The molecule has 0 N–H and O–H groups in total. The molecule has 2 nitrogen and oxygen atoms in total. The van der Waals surface area contributed by atoms with E-state index in [0.29, 0.717) is 5.31 Å². The first kappa shape index (κ1) is 21.3. The largest absolute Gasteiger partial charge is 0.309 e. The van der Waals surface area contributed by atoms with Crippen molar-refractivity contribution in [1.29, 1.82) is 0 Å². The quantitative estimate of drug-likeness (QED) is 0.365. The van der Waals surface area contributed by atoms with Gasteiger partial charge in [0, 0.05) is 27.7 Å². The Labute approximate surface area is 168 Å². The van der Waals surface area contributed by atoms with E-state index < -0.39 is 7.14 Å². The molecule has 0 radical (unpaired) electrons. The van der Waals surface area contributed by atoms with Gasteiger partial charge in [0.25, 0.3) is 0 Å². The second kappa shape index (κ2) is 10.4. The summed E-state index contributed by atoms with van der Waals surface area (Å²) in [5.74, 6) is 0. The third-order valence-corrected chi connectivity index (χ3v) is 7.28. The Morgan fingerprint density at radius 3 is 2.00 bits per heavy atom. The van der Waals surface area contributed by atoms with Crippen molar-refractivity contribution >= 4 is 17.8 Å². The molecule has 0 spiro atoms. The van der Waals surface area contributed by atoms with E-state index in [4.69, 9.17) is 0 Å². The highest BCUT2D eigenvalue weighted by Crippen LogP contribution is 2.52. The first-order valence-corrected chi connectivity index (χ1v) is 11.0. The van der Waals surface area contributed by atoms with Crippen LogP contribution in [0.1, 0.15) is 13.8 Å². The standard InChI is InChI=1S/C23H20NOP.C2H6/c1-3-10-20(4-2)26(25,21-11-6-5-7-12-21)22-16-14-19(15-17-22)23-13-8-9-18-24-23;1-2/h3-18H,1-2H2;1-2H3/b20-10+;. The van der Waals surface area contributed by atoms with E-state index in [1.165, 1.54) is 0 Å². The van der Waals surface area contributed by atoms with Crippen molar-refractivity contribution < 1.29 is 4.57 Å². The molecule has 2 aromatic carbocycles. The van der Waals surface area contributed by atoms with Gasteiger partial charge in [0.15, 0.2) is 7.14 Å². The third-order valence-electron chi connectivity index (χ3n) is 4.17. The van der Waals surface area contributed by atoms with Crippen LogP contribution >= 0.6 is 7.14 Å². The Morgan fingerprint density at radius 1 is 0.857 bits per heavy atom. The molecule has 3 heteroatoms. The molecule has 0 bridgehead atoms. The maximum Gasteiger partial charge on any atom is 0.170 e. The number of hydrogen-bond donors (Lipinski definition) is 0. The first-order chi connectivity index (χ1) is 13.7. The summed E-state index contributed by atoms with van der Waals surface area (Å²) in [6.45, 7) is 11.6. The highest BCUT2D eigenvalue weighted by Gasteiger charge is 2.30. The van der Waals surface area contributed by atoms with Crippen molar-refractivity contribution in [2.24, 2.45) is 0 Å². The summed E-state index contributed by atoms with van der Waals surface area (Å²) in [4.78, 5) is 4.37. The first-order valence-electron chi connectivity index (χ1n) is 9.33. The maximum absolute atomic E-state index is 14.2. The van der Waals surface area contributed by atoms with Gasteiger partial charge >= 0.3 is 0 Å². The van der Waals surface area contributed by atoms with E-state index in [-0.39, 0.29) is 0 Å². The molecule has 0 saturated carbocycles. The van der Waals surface area contributed by atoms with Crippen LogP contribution in [-0.2, 0) is 4.57 Å². The number of pyridine rings is 1. The lowest BCUT2D eigenvalue weighted by atomic mass is 10.1. The molecule has 1 aromatic heterocycles. The van der Waals surface area contributed by atoms with Gasteiger partial charge in [-0.2, -0.15) is 0 Å². The second-order valence-electron chi connectivity index (χ2n) is 5.74. The number of hydrogen-bond acceptors (Lipinski definition) is 2. The van der Waals surface area contributed by atoms with E-state index in [1.807, 2.05) is 86.6 Å². The van der Waals surface area contributed by atoms with E-state index in [2.05, 4.69) is 18.1 Å². The SMILES string of the molecule is C=C/C=C(\C=C)P(=O)(c1ccccc1)c1ccc(-c2ccccn2)cc1.CC. The lowest BCUT2D eigenvalue weighted by Crippen LogP contribution is -2.17. The van der Waals surface area contributed by atoms with Gasteiger partial charge in [-0.15, -0.1) is 0 Å². The molecule has 142 valence electrons. The van der Waals surface area contributed by atoms with Gasteiger partial charge in [-0.3, -0.25) is 4.98 Å². The Bertz CT molecular complexity index is 974. The lowest BCUT2D eigenvalue weighted by Gasteiger charge is -2.21. The maximum atomic E-state index is 14.2. The Hall–Kier alpha value is -2.96. The number of allylic oxidation sites excluding steroid dienone is 4. The van der Waals surface area contributed by atoms with Gasteiger partial charge in [0.1, 0.15) is 0 Å².